The third-order valence-corrected chi connectivity index (χ3v) is 4.03. The molecule has 0 spiro atoms. The van der Waals surface area contributed by atoms with Crippen LogP contribution >= 0.6 is 0 Å². The van der Waals surface area contributed by atoms with Crippen LogP contribution in [0.4, 0.5) is 4.39 Å². The van der Waals surface area contributed by atoms with Gasteiger partial charge in [0.15, 0.2) is 0 Å². The average Bonchev–Trinajstić information content (AvgIpc) is 2.51. The summed E-state index contributed by atoms with van der Waals surface area (Å²) < 4.78 is 20.6. The second-order valence-electron chi connectivity index (χ2n) is 5.41. The molecule has 2 heterocycles. The lowest BCUT2D eigenvalue weighted by atomic mass is 9.84. The van der Waals surface area contributed by atoms with Gasteiger partial charge in [-0.25, -0.2) is 4.39 Å². The number of nitriles is 1. The number of hydrogen-bond acceptors (Lipinski definition) is 4. The molecule has 1 aliphatic rings. The fourth-order valence-electron chi connectivity index (χ4n) is 2.76. The molecule has 0 saturated carbocycles. The van der Waals surface area contributed by atoms with Gasteiger partial charge in [0, 0.05) is 18.8 Å². The van der Waals surface area contributed by atoms with Gasteiger partial charge < -0.3 is 15.0 Å². The molecule has 1 aromatic carbocycles. The Morgan fingerprint density at radius 3 is 2.78 bits per heavy atom. The van der Waals surface area contributed by atoms with Gasteiger partial charge in [-0.1, -0.05) is 12.1 Å². The van der Waals surface area contributed by atoms with Gasteiger partial charge in [0.05, 0.1) is 11.5 Å². The van der Waals surface area contributed by atoms with Crippen LogP contribution in [-0.4, -0.2) is 4.57 Å². The van der Waals surface area contributed by atoms with E-state index in [1.54, 1.807) is 26.1 Å². The zero-order valence-electron chi connectivity index (χ0n) is 12.6. The molecule has 0 aliphatic carbocycles. The summed E-state index contributed by atoms with van der Waals surface area (Å²) >= 11 is 0. The molecule has 6 heteroatoms. The second-order valence-corrected chi connectivity index (χ2v) is 5.41. The summed E-state index contributed by atoms with van der Waals surface area (Å²) in [4.78, 5) is 12.7. The molecule has 0 saturated heterocycles. The second kappa shape index (κ2) is 5.29. The van der Waals surface area contributed by atoms with E-state index < -0.39 is 11.7 Å². The van der Waals surface area contributed by atoms with Crippen molar-refractivity contribution in [3.8, 4) is 11.8 Å². The lowest BCUT2D eigenvalue weighted by Crippen LogP contribution is -2.31. The van der Waals surface area contributed by atoms with Gasteiger partial charge in [0.1, 0.15) is 23.2 Å². The minimum Gasteiger partial charge on any atom is -0.440 e. The first-order chi connectivity index (χ1) is 10.9. The maximum absolute atomic E-state index is 13.6. The number of nitrogens with zero attached hydrogens (tertiary/aromatic N) is 2. The standard InChI is InChI=1S/C17H14FN3O2/c1-9-6-13-15(17(22)21(9)2)14(12(8-19)16(20)23-13)10-4-3-5-11(18)7-10/h3-7,14H,20H2,1-2H3. The van der Waals surface area contributed by atoms with Crippen LogP contribution in [-0.2, 0) is 7.05 Å². The average molecular weight is 311 g/mol. The Bertz CT molecular complexity index is 938. The quantitative estimate of drug-likeness (QED) is 0.874. The number of rotatable bonds is 1. The number of aromatic nitrogens is 1. The Kier molecular flexibility index (Phi) is 3.41. The zero-order valence-corrected chi connectivity index (χ0v) is 12.6. The van der Waals surface area contributed by atoms with Crippen molar-refractivity contribution < 1.29 is 9.13 Å². The molecule has 0 bridgehead atoms. The smallest absolute Gasteiger partial charge is 0.258 e. The molecule has 2 N–H and O–H groups in total. The molecule has 2 aromatic rings. The van der Waals surface area contributed by atoms with Crippen LogP contribution in [0.5, 0.6) is 5.75 Å². The number of pyridine rings is 1. The summed E-state index contributed by atoms with van der Waals surface area (Å²) in [5, 5.41) is 9.43. The number of nitrogens with two attached hydrogens (primary N) is 1. The lowest BCUT2D eigenvalue weighted by molar-refractivity contribution is 0.389. The van der Waals surface area contributed by atoms with Gasteiger partial charge in [0.2, 0.25) is 5.88 Å². The van der Waals surface area contributed by atoms with Crippen molar-refractivity contribution in [3.63, 3.8) is 0 Å². The van der Waals surface area contributed by atoms with Crippen molar-refractivity contribution in [2.75, 3.05) is 0 Å². The molecule has 116 valence electrons. The minimum atomic E-state index is -0.751. The van der Waals surface area contributed by atoms with Crippen molar-refractivity contribution in [2.45, 2.75) is 12.8 Å². The number of fused-ring (bicyclic) bond motifs is 1. The van der Waals surface area contributed by atoms with Gasteiger partial charge in [-0.3, -0.25) is 4.79 Å². The molecule has 23 heavy (non-hydrogen) atoms. The molecular formula is C17H14FN3O2. The molecule has 0 radical (unpaired) electrons. The van der Waals surface area contributed by atoms with Gasteiger partial charge in [-0.15, -0.1) is 0 Å². The lowest BCUT2D eigenvalue weighted by Gasteiger charge is -2.26. The number of benzene rings is 1. The first kappa shape index (κ1) is 14.9. The summed E-state index contributed by atoms with van der Waals surface area (Å²) in [5.74, 6) is -0.965. The first-order valence-electron chi connectivity index (χ1n) is 6.97. The van der Waals surface area contributed by atoms with Gasteiger partial charge in [-0.05, 0) is 24.6 Å². The molecule has 5 nitrogen and oxygen atoms in total. The summed E-state index contributed by atoms with van der Waals surface area (Å²) in [6.07, 6.45) is 0. The monoisotopic (exact) mass is 311 g/mol. The summed E-state index contributed by atoms with van der Waals surface area (Å²) in [6, 6.07) is 9.46. The van der Waals surface area contributed by atoms with Crippen molar-refractivity contribution >= 4 is 0 Å². The molecular weight excluding hydrogens is 297 g/mol. The fourth-order valence-corrected chi connectivity index (χ4v) is 2.76. The Labute approximate surface area is 132 Å². The highest BCUT2D eigenvalue weighted by Crippen LogP contribution is 2.40. The van der Waals surface area contributed by atoms with E-state index in [0.717, 1.165) is 0 Å². The number of aryl methyl sites for hydroxylation is 1. The summed E-state index contributed by atoms with van der Waals surface area (Å²) in [5.41, 5.74) is 7.11. The van der Waals surface area contributed by atoms with E-state index in [-0.39, 0.29) is 22.6 Å². The summed E-state index contributed by atoms with van der Waals surface area (Å²) in [7, 11) is 1.63. The van der Waals surface area contributed by atoms with Gasteiger partial charge in [-0.2, -0.15) is 5.26 Å². The predicted molar refractivity (Wildman–Crippen MR) is 82.1 cm³/mol. The molecule has 1 atom stereocenters. The third-order valence-electron chi connectivity index (χ3n) is 4.03. The van der Waals surface area contributed by atoms with Crippen molar-refractivity contribution in [1.29, 1.82) is 5.26 Å². The highest BCUT2D eigenvalue weighted by molar-refractivity contribution is 5.55. The highest BCUT2D eigenvalue weighted by atomic mass is 19.1. The number of hydrogen-bond donors (Lipinski definition) is 1. The van der Waals surface area contributed by atoms with Crippen LogP contribution < -0.4 is 16.0 Å². The molecule has 0 fully saturated rings. The summed E-state index contributed by atoms with van der Waals surface area (Å²) in [6.45, 7) is 1.77. The van der Waals surface area contributed by atoms with Crippen LogP contribution in [0.1, 0.15) is 22.7 Å². The number of ether oxygens (including phenoxy) is 1. The van der Waals surface area contributed by atoms with Crippen molar-refractivity contribution in [2.24, 2.45) is 12.8 Å². The number of allylic oxidation sites excluding steroid dienone is 1. The van der Waals surface area contributed by atoms with Crippen molar-refractivity contribution in [1.82, 2.24) is 4.57 Å². The van der Waals surface area contributed by atoms with Crippen molar-refractivity contribution in [3.05, 3.63) is 74.8 Å². The van der Waals surface area contributed by atoms with Crippen LogP contribution in [0.25, 0.3) is 0 Å². The van der Waals surface area contributed by atoms with E-state index in [1.165, 1.54) is 22.8 Å². The molecule has 3 rings (SSSR count). The van der Waals surface area contributed by atoms with Crippen LogP contribution in [0.2, 0.25) is 0 Å². The Morgan fingerprint density at radius 1 is 1.39 bits per heavy atom. The largest absolute Gasteiger partial charge is 0.440 e. The zero-order chi connectivity index (χ0) is 16.7. The topological polar surface area (TPSA) is 81.0 Å². The van der Waals surface area contributed by atoms with E-state index in [0.29, 0.717) is 17.0 Å². The number of halogens is 1. The van der Waals surface area contributed by atoms with Gasteiger partial charge >= 0.3 is 0 Å². The Balaban J connectivity index is 2.36. The van der Waals surface area contributed by atoms with E-state index in [9.17, 15) is 14.4 Å². The van der Waals surface area contributed by atoms with E-state index >= 15 is 0 Å². The van der Waals surface area contributed by atoms with E-state index in [1.807, 2.05) is 6.07 Å². The molecule has 0 amide bonds. The highest BCUT2D eigenvalue weighted by Gasteiger charge is 2.34. The Hall–Kier alpha value is -3.07. The van der Waals surface area contributed by atoms with Crippen LogP contribution in [0, 0.1) is 24.1 Å². The Morgan fingerprint density at radius 2 is 2.13 bits per heavy atom. The molecule has 1 unspecified atom stereocenters. The first-order valence-corrected chi connectivity index (χ1v) is 6.97. The third kappa shape index (κ3) is 2.27. The van der Waals surface area contributed by atoms with Crippen LogP contribution in [0.3, 0.4) is 0 Å². The SMILES string of the molecule is Cc1cc2c(c(=O)n1C)C(c1cccc(F)c1)C(C#N)=C(N)O2. The molecule has 1 aromatic heterocycles. The normalized spacial score (nSPS) is 16.5. The molecule has 1 aliphatic heterocycles. The predicted octanol–water partition coefficient (Wildman–Crippen LogP) is 2.05. The maximum atomic E-state index is 13.6. The fraction of sp³-hybridized carbons (Fsp3) is 0.176. The van der Waals surface area contributed by atoms with E-state index in [4.69, 9.17) is 10.5 Å². The van der Waals surface area contributed by atoms with Gasteiger partial charge in [0.25, 0.3) is 5.56 Å². The minimum absolute atomic E-state index is 0.0677. The van der Waals surface area contributed by atoms with Crippen LogP contribution in [0.15, 0.2) is 46.6 Å². The maximum Gasteiger partial charge on any atom is 0.258 e. The van der Waals surface area contributed by atoms with E-state index in [2.05, 4.69) is 0 Å².